The molecule has 124 valence electrons. The number of carbonyl (C=O) groups is 1. The molecule has 0 fully saturated rings. The molecule has 4 nitrogen and oxygen atoms in total. The highest BCUT2D eigenvalue weighted by Gasteiger charge is 2.13. The number of carbonyl (C=O) groups excluding carboxylic acids is 1. The van der Waals surface area contributed by atoms with Gasteiger partial charge in [-0.2, -0.15) is 11.8 Å². The molecule has 0 atom stereocenters. The number of nitrogens with one attached hydrogen (secondary N) is 1. The average Bonchev–Trinajstić information content (AvgIpc) is 2.97. The fraction of sp³-hybridized carbons (Fsp3) is 0.412. The summed E-state index contributed by atoms with van der Waals surface area (Å²) in [5.74, 6) is 0.783. The van der Waals surface area contributed by atoms with Crippen LogP contribution in [0.4, 0.5) is 5.69 Å². The predicted octanol–water partition coefficient (Wildman–Crippen LogP) is 3.85. The minimum Gasteiger partial charge on any atom is -0.330 e. The van der Waals surface area contributed by atoms with E-state index in [1.165, 1.54) is 16.9 Å². The molecule has 0 radical (unpaired) electrons. The second-order valence-corrected chi connectivity index (χ2v) is 8.08. The van der Waals surface area contributed by atoms with Crippen molar-refractivity contribution in [2.45, 2.75) is 38.2 Å². The SMILES string of the molecule is Cc1c(CSC(C)C)cccc1NC(=O)c1csc(CCN)n1. The minimum absolute atomic E-state index is 0.165. The van der Waals surface area contributed by atoms with E-state index in [1.54, 1.807) is 5.38 Å². The molecule has 1 heterocycles. The molecule has 2 aromatic rings. The second kappa shape index (κ2) is 8.47. The first-order chi connectivity index (χ1) is 11.0. The van der Waals surface area contributed by atoms with E-state index in [2.05, 4.69) is 30.2 Å². The number of rotatable bonds is 7. The van der Waals surface area contributed by atoms with E-state index in [0.717, 1.165) is 22.0 Å². The van der Waals surface area contributed by atoms with Crippen LogP contribution in [0.2, 0.25) is 0 Å². The molecule has 0 unspecified atom stereocenters. The van der Waals surface area contributed by atoms with Gasteiger partial charge < -0.3 is 11.1 Å². The van der Waals surface area contributed by atoms with Crippen LogP contribution in [0.1, 0.15) is 40.5 Å². The van der Waals surface area contributed by atoms with Gasteiger partial charge in [-0.1, -0.05) is 26.0 Å². The van der Waals surface area contributed by atoms with Gasteiger partial charge in [-0.15, -0.1) is 11.3 Å². The first-order valence-electron chi connectivity index (χ1n) is 7.67. The zero-order valence-corrected chi connectivity index (χ0v) is 15.4. The van der Waals surface area contributed by atoms with Gasteiger partial charge in [0.15, 0.2) is 0 Å². The van der Waals surface area contributed by atoms with Crippen LogP contribution < -0.4 is 11.1 Å². The summed E-state index contributed by atoms with van der Waals surface area (Å²) in [5, 5.41) is 6.25. The van der Waals surface area contributed by atoms with Crippen LogP contribution in [0.5, 0.6) is 0 Å². The van der Waals surface area contributed by atoms with Crippen LogP contribution in [0.3, 0.4) is 0 Å². The largest absolute Gasteiger partial charge is 0.330 e. The molecule has 0 spiro atoms. The number of benzene rings is 1. The summed E-state index contributed by atoms with van der Waals surface area (Å²) < 4.78 is 0. The molecule has 23 heavy (non-hydrogen) atoms. The molecule has 0 aliphatic heterocycles. The van der Waals surface area contributed by atoms with Crippen molar-refractivity contribution in [3.63, 3.8) is 0 Å². The highest BCUT2D eigenvalue weighted by Crippen LogP contribution is 2.25. The van der Waals surface area contributed by atoms with Gasteiger partial charge in [-0.25, -0.2) is 4.98 Å². The predicted molar refractivity (Wildman–Crippen MR) is 100 cm³/mol. The van der Waals surface area contributed by atoms with Crippen molar-refractivity contribution in [2.24, 2.45) is 5.73 Å². The average molecular weight is 350 g/mol. The summed E-state index contributed by atoms with van der Waals surface area (Å²) >= 11 is 3.37. The highest BCUT2D eigenvalue weighted by molar-refractivity contribution is 7.99. The molecule has 1 aromatic carbocycles. The Morgan fingerprint density at radius 2 is 2.22 bits per heavy atom. The third-order valence-corrected chi connectivity index (χ3v) is 5.46. The van der Waals surface area contributed by atoms with E-state index >= 15 is 0 Å². The van der Waals surface area contributed by atoms with Gasteiger partial charge in [0.2, 0.25) is 0 Å². The van der Waals surface area contributed by atoms with Gasteiger partial charge in [-0.3, -0.25) is 4.79 Å². The van der Waals surface area contributed by atoms with Crippen LogP contribution in [0.25, 0.3) is 0 Å². The number of thiazole rings is 1. The maximum Gasteiger partial charge on any atom is 0.275 e. The summed E-state index contributed by atoms with van der Waals surface area (Å²) in [7, 11) is 0. The monoisotopic (exact) mass is 349 g/mol. The first-order valence-corrected chi connectivity index (χ1v) is 9.60. The van der Waals surface area contributed by atoms with Gasteiger partial charge in [-0.05, 0) is 35.9 Å². The molecule has 3 N–H and O–H groups in total. The zero-order chi connectivity index (χ0) is 16.8. The third-order valence-electron chi connectivity index (χ3n) is 3.41. The minimum atomic E-state index is -0.165. The number of anilines is 1. The summed E-state index contributed by atoms with van der Waals surface area (Å²) in [6, 6.07) is 6.03. The van der Waals surface area contributed by atoms with Gasteiger partial charge in [0.1, 0.15) is 5.69 Å². The number of aromatic nitrogens is 1. The van der Waals surface area contributed by atoms with Crippen molar-refractivity contribution in [2.75, 3.05) is 11.9 Å². The highest BCUT2D eigenvalue weighted by atomic mass is 32.2. The lowest BCUT2D eigenvalue weighted by Gasteiger charge is -2.13. The summed E-state index contributed by atoms with van der Waals surface area (Å²) in [6.07, 6.45) is 0.707. The summed E-state index contributed by atoms with van der Waals surface area (Å²) in [5.41, 5.74) is 9.20. The molecule has 2 rings (SSSR count). The standard InChI is InChI=1S/C17H23N3OS2/c1-11(2)22-9-13-5-4-6-14(12(13)3)20-17(21)15-10-23-16(19-15)7-8-18/h4-6,10-11H,7-9,18H2,1-3H3,(H,20,21). The van der Waals surface area contributed by atoms with Crippen molar-refractivity contribution in [1.29, 1.82) is 0 Å². The lowest BCUT2D eigenvalue weighted by molar-refractivity contribution is 0.102. The normalized spacial score (nSPS) is 11.0. The molecule has 0 saturated carbocycles. The Hall–Kier alpha value is -1.37. The third kappa shape index (κ3) is 5.06. The van der Waals surface area contributed by atoms with Crippen molar-refractivity contribution < 1.29 is 4.79 Å². The smallest absolute Gasteiger partial charge is 0.275 e. The van der Waals surface area contributed by atoms with Gasteiger partial charge in [0.05, 0.1) is 5.01 Å². The lowest BCUT2D eigenvalue weighted by Crippen LogP contribution is -2.14. The molecule has 0 aliphatic carbocycles. The Labute approximate surface area is 145 Å². The van der Waals surface area contributed by atoms with Gasteiger partial charge >= 0.3 is 0 Å². The summed E-state index contributed by atoms with van der Waals surface area (Å²) in [4.78, 5) is 16.7. The van der Waals surface area contributed by atoms with Crippen LogP contribution in [0.15, 0.2) is 23.6 Å². The van der Waals surface area contributed by atoms with E-state index < -0.39 is 0 Å². The zero-order valence-electron chi connectivity index (χ0n) is 13.8. The fourth-order valence-corrected chi connectivity index (χ4v) is 3.69. The molecule has 1 amide bonds. The summed E-state index contributed by atoms with van der Waals surface area (Å²) in [6.45, 7) is 6.97. The number of hydrogen-bond acceptors (Lipinski definition) is 5. The Morgan fingerprint density at radius 3 is 2.91 bits per heavy atom. The van der Waals surface area contributed by atoms with E-state index in [0.29, 0.717) is 23.9 Å². The van der Waals surface area contributed by atoms with Crippen LogP contribution >= 0.6 is 23.1 Å². The maximum atomic E-state index is 12.4. The van der Waals surface area contributed by atoms with E-state index in [1.807, 2.05) is 30.8 Å². The topological polar surface area (TPSA) is 68.0 Å². The second-order valence-electron chi connectivity index (χ2n) is 5.57. The van der Waals surface area contributed by atoms with Crippen LogP contribution in [0, 0.1) is 6.92 Å². The van der Waals surface area contributed by atoms with E-state index in [-0.39, 0.29) is 5.91 Å². The molecular formula is C17H23N3OS2. The Bertz CT molecular complexity index is 668. The number of nitrogens with two attached hydrogens (primary N) is 1. The van der Waals surface area contributed by atoms with Crippen molar-refractivity contribution in [3.05, 3.63) is 45.4 Å². The number of nitrogens with zero attached hydrogens (tertiary/aromatic N) is 1. The van der Waals surface area contributed by atoms with E-state index in [4.69, 9.17) is 5.73 Å². The molecule has 0 bridgehead atoms. The van der Waals surface area contributed by atoms with Gasteiger partial charge in [0.25, 0.3) is 5.91 Å². The van der Waals surface area contributed by atoms with E-state index in [9.17, 15) is 4.79 Å². The molecule has 6 heteroatoms. The Kier molecular flexibility index (Phi) is 6.62. The number of thioether (sulfide) groups is 1. The van der Waals surface area contributed by atoms with Crippen molar-refractivity contribution in [1.82, 2.24) is 4.98 Å². The quantitative estimate of drug-likeness (QED) is 0.797. The van der Waals surface area contributed by atoms with Crippen molar-refractivity contribution >= 4 is 34.7 Å². The first kappa shape index (κ1) is 18.0. The van der Waals surface area contributed by atoms with Crippen molar-refractivity contribution in [3.8, 4) is 0 Å². The molecular weight excluding hydrogens is 326 g/mol. The molecule has 1 aromatic heterocycles. The number of hydrogen-bond donors (Lipinski definition) is 2. The fourth-order valence-electron chi connectivity index (χ4n) is 2.07. The van der Waals surface area contributed by atoms with Crippen LogP contribution in [-0.4, -0.2) is 22.7 Å². The Balaban J connectivity index is 2.09. The Morgan fingerprint density at radius 1 is 1.43 bits per heavy atom. The van der Waals surface area contributed by atoms with Crippen LogP contribution in [-0.2, 0) is 12.2 Å². The van der Waals surface area contributed by atoms with Gasteiger partial charge in [0, 0.05) is 23.2 Å². The number of amides is 1. The molecule has 0 saturated heterocycles. The maximum absolute atomic E-state index is 12.4. The lowest BCUT2D eigenvalue weighted by atomic mass is 10.1. The molecule has 0 aliphatic rings.